The molecule has 3 rings (SSSR count). The largest absolute Gasteiger partial charge is 0.476 e. The fourth-order valence-corrected chi connectivity index (χ4v) is 3.51. The number of para-hydroxylation sites is 1. The molecule has 0 aliphatic carbocycles. The third-order valence-corrected chi connectivity index (χ3v) is 5.15. The van der Waals surface area contributed by atoms with Crippen molar-refractivity contribution in [2.45, 2.75) is 19.3 Å². The van der Waals surface area contributed by atoms with Gasteiger partial charge in [-0.3, -0.25) is 10.1 Å². The summed E-state index contributed by atoms with van der Waals surface area (Å²) in [6.45, 7) is -0.405. The molecule has 7 nitrogen and oxygen atoms in total. The van der Waals surface area contributed by atoms with Gasteiger partial charge in [-0.2, -0.15) is 13.2 Å². The number of amides is 1. The van der Waals surface area contributed by atoms with E-state index >= 15 is 0 Å². The smallest absolute Gasteiger partial charge is 0.418 e. The summed E-state index contributed by atoms with van der Waals surface area (Å²) in [7, 11) is 0. The third-order valence-electron chi connectivity index (χ3n) is 4.20. The van der Waals surface area contributed by atoms with Crippen molar-refractivity contribution in [1.29, 1.82) is 0 Å². The van der Waals surface area contributed by atoms with Crippen molar-refractivity contribution in [2.24, 2.45) is 0 Å². The molecule has 0 saturated carbocycles. The molecule has 2 aromatic carbocycles. The number of carboxylic acid groups (broad SMARTS) is 1. The predicted octanol–water partition coefficient (Wildman–Crippen LogP) is 4.22. The van der Waals surface area contributed by atoms with Crippen molar-refractivity contribution in [1.82, 2.24) is 4.98 Å². The normalized spacial score (nSPS) is 11.2. The molecule has 0 fully saturated rings. The van der Waals surface area contributed by atoms with E-state index in [1.54, 1.807) is 12.1 Å². The number of carboxylic acids is 1. The number of aliphatic hydroxyl groups excluding tert-OH is 1. The lowest BCUT2D eigenvalue weighted by atomic mass is 10.1. The summed E-state index contributed by atoms with van der Waals surface area (Å²) in [4.78, 5) is 27.3. The van der Waals surface area contributed by atoms with Crippen LogP contribution in [0.4, 0.5) is 24.0 Å². The molecule has 1 heterocycles. The minimum atomic E-state index is -4.47. The number of nitrogens with one attached hydrogen (secondary N) is 2. The van der Waals surface area contributed by atoms with Gasteiger partial charge in [0.05, 0.1) is 17.0 Å². The maximum atomic E-state index is 13.1. The van der Waals surface area contributed by atoms with Crippen molar-refractivity contribution in [2.75, 3.05) is 10.6 Å². The molecule has 11 heteroatoms. The van der Waals surface area contributed by atoms with Crippen molar-refractivity contribution in [3.8, 4) is 0 Å². The number of aromatic nitrogens is 1. The number of rotatable bonds is 7. The lowest BCUT2D eigenvalue weighted by Crippen LogP contribution is -2.12. The van der Waals surface area contributed by atoms with Gasteiger partial charge in [-0.05, 0) is 29.8 Å². The Balaban J connectivity index is 1.66. The quantitative estimate of drug-likeness (QED) is 0.428. The highest BCUT2D eigenvalue weighted by Crippen LogP contribution is 2.34. The fourth-order valence-electron chi connectivity index (χ4n) is 2.70. The number of hydrogen-bond acceptors (Lipinski definition) is 6. The van der Waals surface area contributed by atoms with Crippen LogP contribution in [0.2, 0.25) is 0 Å². The summed E-state index contributed by atoms with van der Waals surface area (Å²) in [5.41, 5.74) is -0.245. The second-order valence-electron chi connectivity index (χ2n) is 6.30. The summed E-state index contributed by atoms with van der Waals surface area (Å²) >= 11 is 0.847. The van der Waals surface area contributed by atoms with Gasteiger partial charge in [-0.15, -0.1) is 0 Å². The lowest BCUT2D eigenvalue weighted by molar-refractivity contribution is -0.137. The Morgan fingerprint density at radius 1 is 1.06 bits per heavy atom. The van der Waals surface area contributed by atoms with E-state index in [0.29, 0.717) is 5.56 Å². The van der Waals surface area contributed by atoms with Crippen LogP contribution >= 0.6 is 11.3 Å². The Bertz CT molecular complexity index is 1100. The Morgan fingerprint density at radius 2 is 1.74 bits per heavy atom. The van der Waals surface area contributed by atoms with E-state index in [1.807, 2.05) is 0 Å². The topological polar surface area (TPSA) is 112 Å². The van der Waals surface area contributed by atoms with Crippen molar-refractivity contribution < 1.29 is 33.0 Å². The Hall–Kier alpha value is -3.44. The van der Waals surface area contributed by atoms with E-state index in [2.05, 4.69) is 15.6 Å². The van der Waals surface area contributed by atoms with Gasteiger partial charge in [0.2, 0.25) is 0 Å². The number of halogens is 3. The molecule has 0 aliphatic heterocycles. The first-order valence-electron chi connectivity index (χ1n) is 8.83. The Morgan fingerprint density at radius 3 is 2.32 bits per heavy atom. The maximum absolute atomic E-state index is 13.1. The molecule has 0 bridgehead atoms. The van der Waals surface area contributed by atoms with E-state index in [9.17, 15) is 27.9 Å². The molecule has 0 atom stereocenters. The standard InChI is InChI=1S/C20H16F3N3O4S/c21-20(22,23)13-3-1-2-4-14(13)24-9-11-5-7-12(8-6-11)17(28)26-19-25-16(18(29)30)15(10-27)31-19/h1-8,24,27H,9-10H2,(H,29,30)(H,25,26,28). The molecule has 0 spiro atoms. The molecule has 4 N–H and O–H groups in total. The van der Waals surface area contributed by atoms with Crippen LogP contribution in [0.1, 0.15) is 36.9 Å². The molecule has 0 unspecified atom stereocenters. The molecule has 0 radical (unpaired) electrons. The SMILES string of the molecule is O=C(Nc1nc(C(=O)O)c(CO)s1)c1ccc(CNc2ccccc2C(F)(F)F)cc1. The number of alkyl halides is 3. The Labute approximate surface area is 178 Å². The molecule has 0 saturated heterocycles. The number of aliphatic hydroxyl groups is 1. The minimum absolute atomic E-state index is 0.0287. The number of anilines is 2. The van der Waals surface area contributed by atoms with E-state index in [4.69, 9.17) is 5.11 Å². The van der Waals surface area contributed by atoms with Crippen molar-refractivity contribution in [3.05, 3.63) is 75.8 Å². The lowest BCUT2D eigenvalue weighted by Gasteiger charge is -2.14. The van der Waals surface area contributed by atoms with Gasteiger partial charge in [0.15, 0.2) is 10.8 Å². The zero-order valence-corrected chi connectivity index (χ0v) is 16.5. The van der Waals surface area contributed by atoms with Crippen molar-refractivity contribution in [3.63, 3.8) is 0 Å². The summed E-state index contributed by atoms with van der Waals surface area (Å²) < 4.78 is 39.2. The predicted molar refractivity (Wildman–Crippen MR) is 108 cm³/mol. The van der Waals surface area contributed by atoms with Gasteiger partial charge in [0, 0.05) is 17.8 Å². The van der Waals surface area contributed by atoms with Crippen LogP contribution in [0.25, 0.3) is 0 Å². The highest BCUT2D eigenvalue weighted by Gasteiger charge is 2.33. The van der Waals surface area contributed by atoms with Crippen molar-refractivity contribution >= 4 is 34.0 Å². The van der Waals surface area contributed by atoms with Crippen LogP contribution in [0.15, 0.2) is 48.5 Å². The highest BCUT2D eigenvalue weighted by molar-refractivity contribution is 7.16. The van der Waals surface area contributed by atoms with Crippen LogP contribution in [0.3, 0.4) is 0 Å². The zero-order valence-electron chi connectivity index (χ0n) is 15.7. The average molecular weight is 451 g/mol. The summed E-state index contributed by atoms with van der Waals surface area (Å²) in [6, 6.07) is 11.3. The average Bonchev–Trinajstić information content (AvgIpc) is 3.15. The first-order chi connectivity index (χ1) is 14.7. The number of hydrogen-bond donors (Lipinski definition) is 4. The maximum Gasteiger partial charge on any atom is 0.418 e. The number of benzene rings is 2. The van der Waals surface area contributed by atoms with Crippen LogP contribution in [-0.4, -0.2) is 27.1 Å². The second-order valence-corrected chi connectivity index (χ2v) is 7.39. The summed E-state index contributed by atoms with van der Waals surface area (Å²) in [5, 5.41) is 23.5. The molecular formula is C20H16F3N3O4S. The number of thiazole rings is 1. The highest BCUT2D eigenvalue weighted by atomic mass is 32.1. The van der Waals surface area contributed by atoms with E-state index in [1.165, 1.54) is 30.3 Å². The molecular weight excluding hydrogens is 435 g/mol. The fraction of sp³-hybridized carbons (Fsp3) is 0.150. The molecule has 1 amide bonds. The van der Waals surface area contributed by atoms with Crippen LogP contribution in [0.5, 0.6) is 0 Å². The molecule has 1 aromatic heterocycles. The molecule has 162 valence electrons. The molecule has 0 aliphatic rings. The monoisotopic (exact) mass is 451 g/mol. The number of aromatic carboxylic acids is 1. The van der Waals surface area contributed by atoms with Gasteiger partial charge >= 0.3 is 12.1 Å². The summed E-state index contributed by atoms with van der Waals surface area (Å²) in [5.74, 6) is -1.86. The van der Waals surface area contributed by atoms with Crippen LogP contribution < -0.4 is 10.6 Å². The number of carbonyl (C=O) groups is 2. The number of nitrogens with zero attached hydrogens (tertiary/aromatic N) is 1. The van der Waals surface area contributed by atoms with Crippen LogP contribution in [0, 0.1) is 0 Å². The van der Waals surface area contributed by atoms with E-state index < -0.39 is 30.2 Å². The minimum Gasteiger partial charge on any atom is -0.476 e. The van der Waals surface area contributed by atoms with Crippen LogP contribution in [-0.2, 0) is 19.3 Å². The number of carbonyl (C=O) groups excluding carboxylic acids is 1. The molecule has 3 aromatic rings. The first-order valence-corrected chi connectivity index (χ1v) is 9.65. The van der Waals surface area contributed by atoms with Gasteiger partial charge in [-0.25, -0.2) is 9.78 Å². The third kappa shape index (κ3) is 5.38. The Kier molecular flexibility index (Phi) is 6.56. The van der Waals surface area contributed by atoms with Gasteiger partial charge < -0.3 is 15.5 Å². The second kappa shape index (κ2) is 9.14. The van der Waals surface area contributed by atoms with Gasteiger partial charge in [0.1, 0.15) is 0 Å². The van der Waals surface area contributed by atoms with Gasteiger partial charge in [0.25, 0.3) is 5.91 Å². The van der Waals surface area contributed by atoms with E-state index in [0.717, 1.165) is 17.4 Å². The molecule has 31 heavy (non-hydrogen) atoms. The zero-order chi connectivity index (χ0) is 22.6. The summed E-state index contributed by atoms with van der Waals surface area (Å²) in [6.07, 6.45) is -4.47. The van der Waals surface area contributed by atoms with E-state index in [-0.39, 0.29) is 33.5 Å². The first kappa shape index (κ1) is 22.2. The van der Waals surface area contributed by atoms with Gasteiger partial charge in [-0.1, -0.05) is 35.6 Å².